The smallest absolute Gasteiger partial charge is 0.475 e. The number of likely N-dealkylation sites (tertiary alicyclic amines) is 1. The molecule has 1 aromatic heterocycles. The number of imidazole rings is 1. The van der Waals surface area contributed by atoms with E-state index in [0.717, 1.165) is 45.6 Å². The standard InChI is InChI=1S/C19H25FN4.3C2HF3O2/c1-15-13-21-18-19(22(2)11-12-24(15)18)7-9-23(10-8-19)14-16-3-5-17(20)6-4-16;3*3-2(4,5)1(6)7/h3-6,13H,7-12,14H2,1-2H3;3*(H,6,7). The Morgan fingerprint density at radius 2 is 1.18 bits per heavy atom. The van der Waals surface area contributed by atoms with Crippen molar-refractivity contribution in [2.24, 2.45) is 0 Å². The minimum absolute atomic E-state index is 0.0752. The first-order chi connectivity index (χ1) is 20.4. The molecule has 0 amide bonds. The number of piperidine rings is 1. The molecule has 1 spiro atoms. The molecule has 2 aromatic rings. The molecule has 0 saturated carbocycles. The average Bonchev–Trinajstić information content (AvgIpc) is 3.29. The van der Waals surface area contributed by atoms with E-state index in [1.165, 1.54) is 17.1 Å². The molecule has 10 nitrogen and oxygen atoms in total. The molecule has 1 aromatic carbocycles. The summed E-state index contributed by atoms with van der Waals surface area (Å²) in [4.78, 5) is 36.4. The fourth-order valence-electron chi connectivity index (χ4n) is 4.28. The van der Waals surface area contributed by atoms with Crippen LogP contribution in [-0.4, -0.2) is 97.8 Å². The molecule has 2 aliphatic heterocycles. The molecule has 0 unspecified atom stereocenters. The molecular formula is C25H28F10N4O6. The highest BCUT2D eigenvalue weighted by molar-refractivity contribution is 5.73. The molecule has 0 aliphatic carbocycles. The summed E-state index contributed by atoms with van der Waals surface area (Å²) in [7, 11) is 2.24. The Morgan fingerprint density at radius 1 is 0.778 bits per heavy atom. The first-order valence-corrected chi connectivity index (χ1v) is 12.5. The monoisotopic (exact) mass is 670 g/mol. The summed E-state index contributed by atoms with van der Waals surface area (Å²) in [6, 6.07) is 6.88. The van der Waals surface area contributed by atoms with Gasteiger partial charge in [0.2, 0.25) is 0 Å². The molecular weight excluding hydrogens is 642 g/mol. The third-order valence-electron chi connectivity index (χ3n) is 6.59. The Bertz CT molecular complexity index is 1230. The number of carbonyl (C=O) groups is 3. The van der Waals surface area contributed by atoms with Crippen molar-refractivity contribution in [1.82, 2.24) is 19.4 Å². The summed E-state index contributed by atoms with van der Waals surface area (Å²) in [6.07, 6.45) is -11.0. The number of likely N-dealkylation sites (N-methyl/N-ethyl adjacent to an activating group) is 1. The summed E-state index contributed by atoms with van der Waals surface area (Å²) in [5.74, 6) is -7.19. The van der Waals surface area contributed by atoms with Crippen LogP contribution in [0.2, 0.25) is 0 Å². The normalized spacial score (nSPS) is 16.5. The number of rotatable bonds is 2. The zero-order valence-corrected chi connectivity index (χ0v) is 23.5. The number of carboxylic acids is 3. The molecule has 254 valence electrons. The summed E-state index contributed by atoms with van der Waals surface area (Å²) in [5.41, 5.74) is 2.53. The van der Waals surface area contributed by atoms with E-state index in [1.54, 1.807) is 12.1 Å². The topological polar surface area (TPSA) is 136 Å². The highest BCUT2D eigenvalue weighted by Crippen LogP contribution is 2.40. The van der Waals surface area contributed by atoms with Gasteiger partial charge in [0.1, 0.15) is 11.6 Å². The molecule has 3 N–H and O–H groups in total. The van der Waals surface area contributed by atoms with Crippen LogP contribution in [0.25, 0.3) is 0 Å². The largest absolute Gasteiger partial charge is 0.490 e. The van der Waals surface area contributed by atoms with Crippen molar-refractivity contribution in [1.29, 1.82) is 0 Å². The number of aromatic nitrogens is 2. The number of benzene rings is 1. The summed E-state index contributed by atoms with van der Waals surface area (Å²) >= 11 is 0. The van der Waals surface area contributed by atoms with Gasteiger partial charge in [0.25, 0.3) is 0 Å². The second-order valence-electron chi connectivity index (χ2n) is 9.64. The third-order valence-corrected chi connectivity index (χ3v) is 6.59. The summed E-state index contributed by atoms with van der Waals surface area (Å²) in [6.45, 7) is 7.27. The molecule has 20 heteroatoms. The molecule has 3 heterocycles. The first-order valence-electron chi connectivity index (χ1n) is 12.5. The highest BCUT2D eigenvalue weighted by atomic mass is 19.4. The molecule has 1 saturated heterocycles. The molecule has 45 heavy (non-hydrogen) atoms. The van der Waals surface area contributed by atoms with Crippen molar-refractivity contribution in [2.45, 2.75) is 56.9 Å². The Hall–Kier alpha value is -3.94. The first kappa shape index (κ1) is 39.1. The maximum absolute atomic E-state index is 13.1. The number of fused-ring (bicyclic) bond motifs is 2. The van der Waals surface area contributed by atoms with Gasteiger partial charge in [-0.2, -0.15) is 39.5 Å². The lowest BCUT2D eigenvalue weighted by Gasteiger charge is -2.49. The molecule has 0 bridgehead atoms. The minimum atomic E-state index is -5.08. The van der Waals surface area contributed by atoms with Crippen LogP contribution in [0.4, 0.5) is 43.9 Å². The van der Waals surface area contributed by atoms with E-state index in [-0.39, 0.29) is 11.4 Å². The van der Waals surface area contributed by atoms with Gasteiger partial charge in [-0.1, -0.05) is 12.1 Å². The van der Waals surface area contributed by atoms with E-state index in [2.05, 4.69) is 28.3 Å². The number of hydrogen-bond donors (Lipinski definition) is 3. The van der Waals surface area contributed by atoms with E-state index in [4.69, 9.17) is 34.7 Å². The van der Waals surface area contributed by atoms with Gasteiger partial charge in [-0.15, -0.1) is 0 Å². The van der Waals surface area contributed by atoms with Crippen molar-refractivity contribution >= 4 is 17.9 Å². The fourth-order valence-corrected chi connectivity index (χ4v) is 4.28. The van der Waals surface area contributed by atoms with Crippen molar-refractivity contribution < 1.29 is 73.6 Å². The number of alkyl halides is 9. The van der Waals surface area contributed by atoms with Crippen LogP contribution < -0.4 is 0 Å². The third kappa shape index (κ3) is 11.8. The lowest BCUT2D eigenvalue weighted by atomic mass is 9.83. The van der Waals surface area contributed by atoms with E-state index < -0.39 is 36.4 Å². The molecule has 1 fully saturated rings. The zero-order valence-electron chi connectivity index (χ0n) is 23.5. The number of aryl methyl sites for hydroxylation is 1. The van der Waals surface area contributed by atoms with E-state index >= 15 is 0 Å². The predicted octanol–water partition coefficient (Wildman–Crippen LogP) is 4.67. The van der Waals surface area contributed by atoms with Crippen molar-refractivity contribution in [3.8, 4) is 0 Å². The van der Waals surface area contributed by atoms with Gasteiger partial charge in [-0.3, -0.25) is 9.80 Å². The van der Waals surface area contributed by atoms with Gasteiger partial charge in [-0.25, -0.2) is 23.8 Å². The second kappa shape index (κ2) is 15.4. The number of hydrogen-bond acceptors (Lipinski definition) is 6. The van der Waals surface area contributed by atoms with Crippen LogP contribution in [0, 0.1) is 12.7 Å². The predicted molar refractivity (Wildman–Crippen MR) is 133 cm³/mol. The van der Waals surface area contributed by atoms with Crippen LogP contribution in [-0.2, 0) is 33.0 Å². The summed E-state index contributed by atoms with van der Waals surface area (Å²) < 4.78 is 111. The lowest BCUT2D eigenvalue weighted by Crippen LogP contribution is -2.56. The maximum Gasteiger partial charge on any atom is 0.490 e. The lowest BCUT2D eigenvalue weighted by molar-refractivity contribution is -0.193. The van der Waals surface area contributed by atoms with Crippen LogP contribution in [0.5, 0.6) is 0 Å². The molecule has 0 atom stereocenters. The van der Waals surface area contributed by atoms with E-state index in [9.17, 15) is 43.9 Å². The maximum atomic E-state index is 13.1. The SMILES string of the molecule is Cc1cnc2n1CCN(C)C21CCN(Cc2ccc(F)cc2)CC1.O=C(O)C(F)(F)F.O=C(O)C(F)(F)F.O=C(O)C(F)(F)F. The molecule has 0 radical (unpaired) electrons. The number of halogens is 10. The Labute approximate surface area is 248 Å². The number of carboxylic acid groups (broad SMARTS) is 3. The highest BCUT2D eigenvalue weighted by Gasteiger charge is 2.45. The van der Waals surface area contributed by atoms with E-state index in [0.29, 0.717) is 0 Å². The van der Waals surface area contributed by atoms with Gasteiger partial charge in [-0.05, 0) is 44.5 Å². The van der Waals surface area contributed by atoms with Crippen LogP contribution in [0.3, 0.4) is 0 Å². The van der Waals surface area contributed by atoms with Crippen molar-refractivity contribution in [2.75, 3.05) is 26.7 Å². The Balaban J connectivity index is 0.000000396. The zero-order chi connectivity index (χ0) is 35.0. The van der Waals surface area contributed by atoms with Gasteiger partial charge >= 0.3 is 36.4 Å². The quantitative estimate of drug-likeness (QED) is 0.390. The van der Waals surface area contributed by atoms with Gasteiger partial charge in [0.05, 0.1) is 5.54 Å². The average molecular weight is 671 g/mol. The Morgan fingerprint density at radius 3 is 1.56 bits per heavy atom. The second-order valence-corrected chi connectivity index (χ2v) is 9.64. The molecule has 4 rings (SSSR count). The number of nitrogens with zero attached hydrogens (tertiary/aromatic N) is 4. The number of aliphatic carboxylic acids is 3. The van der Waals surface area contributed by atoms with Gasteiger partial charge in [0.15, 0.2) is 0 Å². The van der Waals surface area contributed by atoms with E-state index in [1.807, 2.05) is 18.3 Å². The van der Waals surface area contributed by atoms with Crippen LogP contribution in [0.1, 0.15) is 29.9 Å². The van der Waals surface area contributed by atoms with Crippen LogP contribution in [0.15, 0.2) is 30.5 Å². The molecule has 2 aliphatic rings. The van der Waals surface area contributed by atoms with Crippen molar-refractivity contribution in [3.63, 3.8) is 0 Å². The van der Waals surface area contributed by atoms with Gasteiger partial charge < -0.3 is 19.9 Å². The fraction of sp³-hybridized carbons (Fsp3) is 0.520. The minimum Gasteiger partial charge on any atom is -0.475 e. The summed E-state index contributed by atoms with van der Waals surface area (Å²) in [5, 5.41) is 21.4. The Kier molecular flexibility index (Phi) is 13.3. The van der Waals surface area contributed by atoms with Gasteiger partial charge in [0, 0.05) is 44.6 Å². The van der Waals surface area contributed by atoms with Crippen molar-refractivity contribution in [3.05, 3.63) is 53.4 Å². The van der Waals surface area contributed by atoms with Crippen LogP contribution >= 0.6 is 0 Å².